The Morgan fingerprint density at radius 1 is 1.15 bits per heavy atom. The van der Waals surface area contributed by atoms with Crippen molar-refractivity contribution < 1.29 is 4.74 Å². The highest BCUT2D eigenvalue weighted by atomic mass is 79.9. The Morgan fingerprint density at radius 2 is 1.90 bits per heavy atom. The predicted molar refractivity (Wildman–Crippen MR) is 87.0 cm³/mol. The van der Waals surface area contributed by atoms with E-state index in [-0.39, 0.29) is 6.04 Å². The number of ether oxygens (including phenoxy) is 1. The maximum absolute atomic E-state index is 5.86. The topological polar surface area (TPSA) is 35.2 Å². The number of hydrogen-bond acceptors (Lipinski definition) is 2. The molecule has 0 aromatic heterocycles. The summed E-state index contributed by atoms with van der Waals surface area (Å²) in [7, 11) is 0. The summed E-state index contributed by atoms with van der Waals surface area (Å²) in [4.78, 5) is 0. The van der Waals surface area contributed by atoms with E-state index in [1.165, 1.54) is 5.56 Å². The third kappa shape index (κ3) is 4.36. The minimum Gasteiger partial charge on any atom is -0.492 e. The SMILES string of the molecule is C[C@@H](N)c1ccc(OCCCc2ccccc2)c(Br)c1. The summed E-state index contributed by atoms with van der Waals surface area (Å²) in [5.41, 5.74) is 8.31. The molecule has 2 rings (SSSR count). The fourth-order valence-corrected chi connectivity index (χ4v) is 2.53. The van der Waals surface area contributed by atoms with E-state index in [0.717, 1.165) is 28.6 Å². The third-order valence-electron chi connectivity index (χ3n) is 3.19. The van der Waals surface area contributed by atoms with Gasteiger partial charge in [0.25, 0.3) is 0 Å². The van der Waals surface area contributed by atoms with Gasteiger partial charge in [-0.3, -0.25) is 0 Å². The number of nitrogens with two attached hydrogens (primary N) is 1. The Morgan fingerprint density at radius 3 is 2.55 bits per heavy atom. The average Bonchev–Trinajstić information content (AvgIpc) is 2.46. The number of aryl methyl sites for hydroxylation is 1. The Balaban J connectivity index is 1.82. The van der Waals surface area contributed by atoms with Crippen LogP contribution in [0.2, 0.25) is 0 Å². The summed E-state index contributed by atoms with van der Waals surface area (Å²) in [6.07, 6.45) is 2.04. The van der Waals surface area contributed by atoms with Gasteiger partial charge in [-0.05, 0) is 59.0 Å². The molecule has 3 heteroatoms. The van der Waals surface area contributed by atoms with Gasteiger partial charge in [-0.1, -0.05) is 36.4 Å². The lowest BCUT2D eigenvalue weighted by Crippen LogP contribution is -2.05. The summed E-state index contributed by atoms with van der Waals surface area (Å²) in [6.45, 7) is 2.69. The number of halogens is 1. The van der Waals surface area contributed by atoms with Crippen molar-refractivity contribution in [3.8, 4) is 5.75 Å². The van der Waals surface area contributed by atoms with Gasteiger partial charge in [0.2, 0.25) is 0 Å². The van der Waals surface area contributed by atoms with E-state index in [2.05, 4.69) is 40.2 Å². The number of hydrogen-bond donors (Lipinski definition) is 1. The molecule has 0 fully saturated rings. The maximum atomic E-state index is 5.86. The molecule has 1 atom stereocenters. The van der Waals surface area contributed by atoms with Crippen molar-refractivity contribution in [3.05, 3.63) is 64.1 Å². The third-order valence-corrected chi connectivity index (χ3v) is 3.81. The van der Waals surface area contributed by atoms with Crippen LogP contribution < -0.4 is 10.5 Å². The second kappa shape index (κ2) is 7.46. The van der Waals surface area contributed by atoms with Crippen LogP contribution in [0.15, 0.2) is 53.0 Å². The Bertz CT molecular complexity index is 540. The lowest BCUT2D eigenvalue weighted by atomic mass is 10.1. The van der Waals surface area contributed by atoms with Crippen LogP contribution in [0.25, 0.3) is 0 Å². The molecule has 2 aromatic carbocycles. The minimum absolute atomic E-state index is 0.0402. The van der Waals surface area contributed by atoms with Gasteiger partial charge in [-0.25, -0.2) is 0 Å². The molecule has 0 saturated heterocycles. The highest BCUT2D eigenvalue weighted by molar-refractivity contribution is 9.10. The Hall–Kier alpha value is -1.32. The van der Waals surface area contributed by atoms with E-state index in [1.54, 1.807) is 0 Å². The van der Waals surface area contributed by atoms with E-state index in [4.69, 9.17) is 10.5 Å². The molecule has 2 N–H and O–H groups in total. The molecule has 0 bridgehead atoms. The molecule has 0 heterocycles. The molecule has 0 saturated carbocycles. The standard InChI is InChI=1S/C17H20BrNO/c1-13(19)15-9-10-17(16(18)12-15)20-11-5-8-14-6-3-2-4-7-14/h2-4,6-7,9-10,12-13H,5,8,11,19H2,1H3/t13-/m1/s1. The molecule has 0 amide bonds. The first-order valence-electron chi connectivity index (χ1n) is 6.88. The molecule has 0 spiro atoms. The molecule has 2 nitrogen and oxygen atoms in total. The first-order valence-corrected chi connectivity index (χ1v) is 7.68. The van der Waals surface area contributed by atoms with Gasteiger partial charge in [0.05, 0.1) is 11.1 Å². The summed E-state index contributed by atoms with van der Waals surface area (Å²) >= 11 is 3.53. The van der Waals surface area contributed by atoms with Gasteiger partial charge in [0.15, 0.2) is 0 Å². The van der Waals surface area contributed by atoms with Gasteiger partial charge in [-0.2, -0.15) is 0 Å². The molecule has 0 radical (unpaired) electrons. The largest absolute Gasteiger partial charge is 0.492 e. The minimum atomic E-state index is 0.0402. The van der Waals surface area contributed by atoms with Gasteiger partial charge >= 0.3 is 0 Å². The van der Waals surface area contributed by atoms with Crippen molar-refractivity contribution in [3.63, 3.8) is 0 Å². The zero-order valence-electron chi connectivity index (χ0n) is 11.7. The van der Waals surface area contributed by atoms with Crippen molar-refractivity contribution in [2.45, 2.75) is 25.8 Å². The molecule has 0 aliphatic rings. The fourth-order valence-electron chi connectivity index (χ4n) is 2.02. The van der Waals surface area contributed by atoms with Crippen molar-refractivity contribution in [2.24, 2.45) is 5.73 Å². The van der Waals surface area contributed by atoms with Crippen LogP contribution in [0.1, 0.15) is 30.5 Å². The summed E-state index contributed by atoms with van der Waals surface area (Å²) in [6, 6.07) is 16.5. The van der Waals surface area contributed by atoms with Gasteiger partial charge in [0.1, 0.15) is 5.75 Å². The van der Waals surface area contributed by atoms with Crippen LogP contribution >= 0.6 is 15.9 Å². The van der Waals surface area contributed by atoms with E-state index < -0.39 is 0 Å². The van der Waals surface area contributed by atoms with Crippen molar-refractivity contribution in [1.29, 1.82) is 0 Å². The molecular formula is C17H20BrNO. The second-order valence-corrected chi connectivity index (χ2v) is 5.77. The van der Waals surface area contributed by atoms with Crippen molar-refractivity contribution >= 4 is 15.9 Å². The van der Waals surface area contributed by atoms with Gasteiger partial charge < -0.3 is 10.5 Å². The molecule has 2 aromatic rings. The summed E-state index contributed by atoms with van der Waals surface area (Å²) < 4.78 is 6.77. The van der Waals surface area contributed by atoms with Crippen LogP contribution in [0.3, 0.4) is 0 Å². The first-order chi connectivity index (χ1) is 9.66. The van der Waals surface area contributed by atoms with Crippen molar-refractivity contribution in [2.75, 3.05) is 6.61 Å². The summed E-state index contributed by atoms with van der Waals surface area (Å²) in [5, 5.41) is 0. The zero-order chi connectivity index (χ0) is 14.4. The quantitative estimate of drug-likeness (QED) is 0.791. The van der Waals surface area contributed by atoms with E-state index in [9.17, 15) is 0 Å². The number of benzene rings is 2. The highest BCUT2D eigenvalue weighted by Gasteiger charge is 2.05. The van der Waals surface area contributed by atoms with E-state index in [0.29, 0.717) is 6.61 Å². The molecule has 0 unspecified atom stereocenters. The lowest BCUT2D eigenvalue weighted by molar-refractivity contribution is 0.309. The lowest BCUT2D eigenvalue weighted by Gasteiger charge is -2.11. The number of rotatable bonds is 6. The van der Waals surface area contributed by atoms with Crippen molar-refractivity contribution in [1.82, 2.24) is 0 Å². The van der Waals surface area contributed by atoms with E-state index in [1.807, 2.05) is 31.2 Å². The van der Waals surface area contributed by atoms with Crippen LogP contribution in [0.5, 0.6) is 5.75 Å². The van der Waals surface area contributed by atoms with Crippen LogP contribution in [-0.2, 0) is 6.42 Å². The monoisotopic (exact) mass is 333 g/mol. The first kappa shape index (κ1) is 15.1. The van der Waals surface area contributed by atoms with Crippen LogP contribution in [-0.4, -0.2) is 6.61 Å². The van der Waals surface area contributed by atoms with Crippen LogP contribution in [0, 0.1) is 0 Å². The van der Waals surface area contributed by atoms with Crippen LogP contribution in [0.4, 0.5) is 0 Å². The molecule has 0 aliphatic heterocycles. The zero-order valence-corrected chi connectivity index (χ0v) is 13.3. The second-order valence-electron chi connectivity index (χ2n) is 4.92. The van der Waals surface area contributed by atoms with Gasteiger partial charge in [-0.15, -0.1) is 0 Å². The summed E-state index contributed by atoms with van der Waals surface area (Å²) in [5.74, 6) is 0.877. The Kier molecular flexibility index (Phi) is 5.62. The Labute approximate surface area is 129 Å². The van der Waals surface area contributed by atoms with E-state index >= 15 is 0 Å². The fraction of sp³-hybridized carbons (Fsp3) is 0.294. The average molecular weight is 334 g/mol. The molecule has 106 valence electrons. The molecular weight excluding hydrogens is 314 g/mol. The molecule has 20 heavy (non-hydrogen) atoms. The van der Waals surface area contributed by atoms with Gasteiger partial charge in [0, 0.05) is 6.04 Å². The predicted octanol–water partition coefficient (Wildman–Crippen LogP) is 4.48. The highest BCUT2D eigenvalue weighted by Crippen LogP contribution is 2.28. The maximum Gasteiger partial charge on any atom is 0.133 e. The smallest absolute Gasteiger partial charge is 0.133 e. The normalized spacial score (nSPS) is 12.2. The molecule has 0 aliphatic carbocycles.